The molecule has 104 valence electrons. The fraction of sp³-hybridized carbons (Fsp3) is 0.500. The molecule has 0 saturated carbocycles. The second-order valence-corrected chi connectivity index (χ2v) is 12.1. The van der Waals surface area contributed by atoms with E-state index in [0.717, 1.165) is 23.1 Å². The average molecular weight is 297 g/mol. The summed E-state index contributed by atoms with van der Waals surface area (Å²) in [6.45, 7) is 10.5. The number of rotatable bonds is 5. The summed E-state index contributed by atoms with van der Waals surface area (Å²) in [4.78, 5) is 4.20. The van der Waals surface area contributed by atoms with E-state index in [-0.39, 0.29) is 0 Å². The van der Waals surface area contributed by atoms with Crippen LogP contribution >= 0.6 is 11.6 Å². The van der Waals surface area contributed by atoms with Gasteiger partial charge in [0, 0.05) is 26.3 Å². The molecule has 0 spiro atoms. The minimum atomic E-state index is -1.01. The van der Waals surface area contributed by atoms with Crippen LogP contribution in [0.15, 0.2) is 18.5 Å². The van der Waals surface area contributed by atoms with Crippen molar-refractivity contribution in [2.45, 2.75) is 39.3 Å². The number of hydrogen-bond donors (Lipinski definition) is 0. The Hall–Kier alpha value is -0.843. The Balaban J connectivity index is 2.04. The molecule has 0 radical (unpaired) electrons. The van der Waals surface area contributed by atoms with Crippen LogP contribution in [0.3, 0.4) is 0 Å². The monoisotopic (exact) mass is 296 g/mol. The lowest BCUT2D eigenvalue weighted by atomic mass is 10.2. The lowest BCUT2D eigenvalue weighted by Crippen LogP contribution is -2.21. The second kappa shape index (κ2) is 5.65. The van der Waals surface area contributed by atoms with Gasteiger partial charge in [-0.3, -0.25) is 0 Å². The molecule has 3 nitrogen and oxygen atoms in total. The van der Waals surface area contributed by atoms with Gasteiger partial charge in [0.05, 0.1) is 11.7 Å². The van der Waals surface area contributed by atoms with Crippen LogP contribution in [0, 0.1) is 6.92 Å². The Bertz CT molecular complexity index is 575. The van der Waals surface area contributed by atoms with Crippen molar-refractivity contribution in [3.05, 3.63) is 29.2 Å². The van der Waals surface area contributed by atoms with Crippen molar-refractivity contribution in [2.75, 3.05) is 6.61 Å². The highest BCUT2D eigenvalue weighted by Gasteiger charge is 2.12. The molecule has 0 aliphatic heterocycles. The highest BCUT2D eigenvalue weighted by Crippen LogP contribution is 2.24. The lowest BCUT2D eigenvalue weighted by molar-refractivity contribution is 0.0902. The van der Waals surface area contributed by atoms with Crippen LogP contribution in [-0.4, -0.2) is 24.2 Å². The zero-order valence-electron chi connectivity index (χ0n) is 12.0. The van der Waals surface area contributed by atoms with Crippen molar-refractivity contribution in [1.29, 1.82) is 0 Å². The van der Waals surface area contributed by atoms with Crippen LogP contribution in [0.4, 0.5) is 0 Å². The van der Waals surface area contributed by atoms with E-state index in [0.29, 0.717) is 11.9 Å². The van der Waals surface area contributed by atoms with Crippen molar-refractivity contribution in [3.8, 4) is 0 Å². The minimum Gasteiger partial charge on any atom is -0.361 e. The number of halogens is 1. The van der Waals surface area contributed by atoms with Crippen LogP contribution in [-0.2, 0) is 11.5 Å². The Morgan fingerprint density at radius 2 is 2.11 bits per heavy atom. The summed E-state index contributed by atoms with van der Waals surface area (Å²) in [5.41, 5.74) is 2.11. The number of hydrogen-bond acceptors (Lipinski definition) is 2. The summed E-state index contributed by atoms with van der Waals surface area (Å²) in [6.07, 6.45) is 3.84. The zero-order chi connectivity index (χ0) is 14.0. The molecule has 0 saturated heterocycles. The van der Waals surface area contributed by atoms with Gasteiger partial charge in [-0.05, 0) is 24.6 Å². The maximum atomic E-state index is 6.03. The predicted molar refractivity (Wildman–Crippen MR) is 83.6 cm³/mol. The van der Waals surface area contributed by atoms with Gasteiger partial charge < -0.3 is 9.30 Å². The van der Waals surface area contributed by atoms with E-state index in [1.165, 1.54) is 6.04 Å². The largest absolute Gasteiger partial charge is 0.361 e. The maximum Gasteiger partial charge on any atom is 0.132 e. The highest BCUT2D eigenvalue weighted by molar-refractivity contribution is 6.76. The predicted octanol–water partition coefficient (Wildman–Crippen LogP) is 4.31. The quantitative estimate of drug-likeness (QED) is 0.467. The molecule has 0 aromatic carbocycles. The molecule has 0 aliphatic rings. The van der Waals surface area contributed by atoms with Crippen LogP contribution in [0.5, 0.6) is 0 Å². The van der Waals surface area contributed by atoms with Crippen LogP contribution in [0.2, 0.25) is 30.8 Å². The van der Waals surface area contributed by atoms with Crippen molar-refractivity contribution in [1.82, 2.24) is 9.55 Å². The van der Waals surface area contributed by atoms with Gasteiger partial charge in [0.2, 0.25) is 0 Å². The molecular formula is C14H21ClN2OSi. The maximum absolute atomic E-state index is 6.03. The molecule has 0 unspecified atom stereocenters. The Kier molecular flexibility index (Phi) is 4.33. The molecular weight excluding hydrogens is 276 g/mol. The van der Waals surface area contributed by atoms with Gasteiger partial charge in [0.15, 0.2) is 0 Å². The molecule has 0 atom stereocenters. The van der Waals surface area contributed by atoms with E-state index in [1.54, 1.807) is 0 Å². The van der Waals surface area contributed by atoms with Crippen molar-refractivity contribution < 1.29 is 4.74 Å². The first kappa shape index (κ1) is 14.6. The van der Waals surface area contributed by atoms with E-state index in [4.69, 9.17) is 16.3 Å². The second-order valence-electron chi connectivity index (χ2n) is 6.11. The summed E-state index contributed by atoms with van der Waals surface area (Å²) in [7, 11) is -1.01. The molecule has 2 aromatic rings. The third-order valence-electron chi connectivity index (χ3n) is 3.25. The number of fused-ring (bicyclic) bond motifs is 1. The number of nitrogens with zero attached hydrogens (tertiary/aromatic N) is 2. The third kappa shape index (κ3) is 3.59. The SMILES string of the molecule is Cc1c(Cl)ncc2c1ccn2COCC[Si](C)(C)C. The van der Waals surface area contributed by atoms with Gasteiger partial charge in [-0.25, -0.2) is 4.98 Å². The molecule has 0 bridgehead atoms. The lowest BCUT2D eigenvalue weighted by Gasteiger charge is -2.15. The molecule has 0 fully saturated rings. The molecule has 2 aromatic heterocycles. The van der Waals surface area contributed by atoms with Crippen molar-refractivity contribution in [2.24, 2.45) is 0 Å². The van der Waals surface area contributed by atoms with Gasteiger partial charge in [0.1, 0.15) is 11.9 Å². The standard InChI is InChI=1S/C14H21ClN2OSi/c1-11-12-5-6-17(13(12)9-16-14(11)15)10-18-7-8-19(2,3)4/h5-6,9H,7-8,10H2,1-4H3. The van der Waals surface area contributed by atoms with E-state index in [9.17, 15) is 0 Å². The Labute approximate surface area is 120 Å². The summed E-state index contributed by atoms with van der Waals surface area (Å²) in [5, 5.41) is 1.72. The molecule has 5 heteroatoms. The van der Waals surface area contributed by atoms with Gasteiger partial charge in [-0.15, -0.1) is 0 Å². The van der Waals surface area contributed by atoms with E-state index in [2.05, 4.69) is 35.3 Å². The molecule has 0 amide bonds. The number of aryl methyl sites for hydroxylation is 1. The van der Waals surface area contributed by atoms with Gasteiger partial charge >= 0.3 is 0 Å². The Morgan fingerprint density at radius 1 is 1.37 bits per heavy atom. The number of aromatic nitrogens is 2. The van der Waals surface area contributed by atoms with Crippen molar-refractivity contribution >= 4 is 30.6 Å². The molecule has 19 heavy (non-hydrogen) atoms. The topological polar surface area (TPSA) is 27.1 Å². The van der Waals surface area contributed by atoms with Crippen molar-refractivity contribution in [3.63, 3.8) is 0 Å². The Morgan fingerprint density at radius 3 is 2.79 bits per heavy atom. The summed E-state index contributed by atoms with van der Waals surface area (Å²) >= 11 is 6.03. The van der Waals surface area contributed by atoms with Gasteiger partial charge in [-0.2, -0.15) is 0 Å². The van der Waals surface area contributed by atoms with Gasteiger partial charge in [0.25, 0.3) is 0 Å². The first-order chi connectivity index (χ1) is 8.88. The summed E-state index contributed by atoms with van der Waals surface area (Å²) < 4.78 is 7.85. The minimum absolute atomic E-state index is 0.574. The first-order valence-corrected chi connectivity index (χ1v) is 10.6. The van der Waals surface area contributed by atoms with E-state index >= 15 is 0 Å². The molecule has 0 aliphatic carbocycles. The smallest absolute Gasteiger partial charge is 0.132 e. The molecule has 2 rings (SSSR count). The van der Waals surface area contributed by atoms with Crippen LogP contribution in [0.25, 0.3) is 10.9 Å². The third-order valence-corrected chi connectivity index (χ3v) is 5.33. The average Bonchev–Trinajstić information content (AvgIpc) is 2.72. The molecule has 2 heterocycles. The zero-order valence-corrected chi connectivity index (χ0v) is 13.8. The van der Waals surface area contributed by atoms with Crippen LogP contribution in [0.1, 0.15) is 5.56 Å². The van der Waals surface area contributed by atoms with Gasteiger partial charge in [-0.1, -0.05) is 31.2 Å². The highest BCUT2D eigenvalue weighted by atomic mass is 35.5. The fourth-order valence-corrected chi connectivity index (χ4v) is 2.83. The fourth-order valence-electron chi connectivity index (χ4n) is 1.93. The van der Waals surface area contributed by atoms with E-state index < -0.39 is 8.07 Å². The molecule has 0 N–H and O–H groups in total. The van der Waals surface area contributed by atoms with E-state index in [1.807, 2.05) is 19.3 Å². The summed E-state index contributed by atoms with van der Waals surface area (Å²) in [5.74, 6) is 0. The number of pyridine rings is 1. The number of ether oxygens (including phenoxy) is 1. The summed E-state index contributed by atoms with van der Waals surface area (Å²) in [6, 6.07) is 3.26. The normalized spacial score (nSPS) is 12.3. The van der Waals surface area contributed by atoms with Crippen LogP contribution < -0.4 is 0 Å². The first-order valence-electron chi connectivity index (χ1n) is 6.56.